The molecule has 0 spiro atoms. The molecule has 2 aromatic rings. The highest BCUT2D eigenvalue weighted by atomic mass is 16.7. The lowest BCUT2D eigenvalue weighted by Crippen LogP contribution is -2.41. The maximum Gasteiger partial charge on any atom is 0.494 e. The molecule has 1 aliphatic heterocycles. The van der Waals surface area contributed by atoms with Crippen LogP contribution in [0.15, 0.2) is 54.6 Å². The highest BCUT2D eigenvalue weighted by Crippen LogP contribution is 2.36. The van der Waals surface area contributed by atoms with Crippen molar-refractivity contribution in [1.29, 1.82) is 0 Å². The summed E-state index contributed by atoms with van der Waals surface area (Å²) in [7, 11) is -0.382. The van der Waals surface area contributed by atoms with E-state index in [1.165, 1.54) is 0 Å². The van der Waals surface area contributed by atoms with Crippen LogP contribution < -0.4 is 10.8 Å². The van der Waals surface area contributed by atoms with Gasteiger partial charge in [-0.05, 0) is 44.3 Å². The molecule has 0 radical (unpaired) electrons. The van der Waals surface area contributed by atoms with E-state index in [2.05, 4.69) is 19.2 Å². The molecule has 160 valence electrons. The molecule has 1 aliphatic rings. The van der Waals surface area contributed by atoms with Crippen molar-refractivity contribution in [2.45, 2.75) is 64.7 Å². The lowest BCUT2D eigenvalue weighted by molar-refractivity contribution is 0.00578. The molecular formula is C24H32BNO4. The summed E-state index contributed by atoms with van der Waals surface area (Å²) < 4.78 is 17.7. The number of benzene rings is 2. The number of ether oxygens (including phenoxy) is 1. The topological polar surface area (TPSA) is 56.8 Å². The van der Waals surface area contributed by atoms with Crippen LogP contribution in [0.5, 0.6) is 0 Å². The molecule has 3 rings (SSSR count). The molecule has 0 atom stereocenters. The molecule has 1 saturated heterocycles. The van der Waals surface area contributed by atoms with Gasteiger partial charge in [0.15, 0.2) is 0 Å². The lowest BCUT2D eigenvalue weighted by atomic mass is 9.76. The van der Waals surface area contributed by atoms with Crippen molar-refractivity contribution in [1.82, 2.24) is 5.32 Å². The zero-order valence-electron chi connectivity index (χ0n) is 18.8. The smallest absolute Gasteiger partial charge is 0.449 e. The molecular weight excluding hydrogens is 377 g/mol. The summed E-state index contributed by atoms with van der Waals surface area (Å²) in [5, 5.41) is 2.79. The maximum atomic E-state index is 12.1. The average molecular weight is 409 g/mol. The first-order chi connectivity index (χ1) is 14.0. The Bertz CT molecular complexity index is 847. The Kier molecular flexibility index (Phi) is 6.30. The van der Waals surface area contributed by atoms with Gasteiger partial charge in [-0.2, -0.15) is 0 Å². The molecule has 1 amide bonds. The fraction of sp³-hybridized carbons (Fsp3) is 0.458. The number of carbonyl (C=O) groups excluding carboxylic acids is 1. The summed E-state index contributed by atoms with van der Waals surface area (Å²) in [6.45, 7) is 13.0. The minimum Gasteiger partial charge on any atom is -0.449 e. The van der Waals surface area contributed by atoms with Gasteiger partial charge in [-0.3, -0.25) is 0 Å². The van der Waals surface area contributed by atoms with Crippen molar-refractivity contribution in [2.75, 3.05) is 6.61 Å². The summed E-state index contributed by atoms with van der Waals surface area (Å²) in [6, 6.07) is 17.9. The predicted molar refractivity (Wildman–Crippen MR) is 120 cm³/mol. The van der Waals surface area contributed by atoms with Gasteiger partial charge in [-0.1, -0.05) is 68.4 Å². The van der Waals surface area contributed by atoms with Crippen molar-refractivity contribution in [2.24, 2.45) is 0 Å². The second kappa shape index (κ2) is 8.44. The largest absolute Gasteiger partial charge is 0.494 e. The molecule has 0 bridgehead atoms. The summed E-state index contributed by atoms with van der Waals surface area (Å²) in [5.41, 5.74) is 2.05. The third kappa shape index (κ3) is 5.05. The van der Waals surface area contributed by atoms with Crippen LogP contribution in [0.25, 0.3) is 0 Å². The molecule has 1 fully saturated rings. The molecule has 5 nitrogen and oxygen atoms in total. The Morgan fingerprint density at radius 2 is 1.53 bits per heavy atom. The summed E-state index contributed by atoms with van der Waals surface area (Å²) in [6.07, 6.45) is -0.416. The molecule has 1 heterocycles. The first-order valence-corrected chi connectivity index (χ1v) is 10.4. The first-order valence-electron chi connectivity index (χ1n) is 10.4. The van der Waals surface area contributed by atoms with Gasteiger partial charge < -0.3 is 19.4 Å². The number of amides is 1. The SMILES string of the molecule is CC(C)(COC(=O)NCc1ccccc1)c1ccc(B2OC(C)(C)C(C)(C)O2)cc1. The Hall–Kier alpha value is -2.31. The van der Waals surface area contributed by atoms with Crippen molar-refractivity contribution in [3.05, 3.63) is 65.7 Å². The van der Waals surface area contributed by atoms with E-state index < -0.39 is 6.09 Å². The molecule has 0 aliphatic carbocycles. The van der Waals surface area contributed by atoms with E-state index in [0.29, 0.717) is 6.54 Å². The molecule has 1 N–H and O–H groups in total. The Morgan fingerprint density at radius 1 is 0.967 bits per heavy atom. The fourth-order valence-electron chi connectivity index (χ4n) is 3.22. The summed E-state index contributed by atoms with van der Waals surface area (Å²) in [5.74, 6) is 0. The second-order valence-corrected chi connectivity index (χ2v) is 9.51. The van der Waals surface area contributed by atoms with E-state index in [0.717, 1.165) is 16.6 Å². The van der Waals surface area contributed by atoms with Crippen LogP contribution in [0, 0.1) is 0 Å². The number of hydrogen-bond donors (Lipinski definition) is 1. The number of nitrogens with one attached hydrogen (secondary N) is 1. The highest BCUT2D eigenvalue weighted by molar-refractivity contribution is 6.62. The fourth-order valence-corrected chi connectivity index (χ4v) is 3.22. The van der Waals surface area contributed by atoms with E-state index in [9.17, 15) is 4.79 Å². The number of alkyl carbamates (subject to hydrolysis) is 1. The minimum absolute atomic E-state index is 0.281. The molecule has 6 heteroatoms. The van der Waals surface area contributed by atoms with Gasteiger partial charge in [-0.15, -0.1) is 0 Å². The van der Waals surface area contributed by atoms with Crippen molar-refractivity contribution >= 4 is 18.7 Å². The zero-order chi connectivity index (χ0) is 22.0. The number of hydrogen-bond acceptors (Lipinski definition) is 4. The van der Waals surface area contributed by atoms with Crippen LogP contribution in [-0.2, 0) is 26.0 Å². The predicted octanol–water partition coefficient (Wildman–Crippen LogP) is 4.19. The van der Waals surface area contributed by atoms with Crippen LogP contribution in [0.2, 0.25) is 0 Å². The third-order valence-corrected chi connectivity index (χ3v) is 6.06. The average Bonchev–Trinajstić information content (AvgIpc) is 2.93. The van der Waals surface area contributed by atoms with Gasteiger partial charge in [0.2, 0.25) is 0 Å². The first kappa shape index (κ1) is 22.4. The molecule has 0 aromatic heterocycles. The number of rotatable bonds is 6. The van der Waals surface area contributed by atoms with E-state index in [1.807, 2.05) is 82.3 Å². The van der Waals surface area contributed by atoms with Crippen LogP contribution in [-0.4, -0.2) is 31.0 Å². The second-order valence-electron chi connectivity index (χ2n) is 9.51. The van der Waals surface area contributed by atoms with Crippen LogP contribution in [0.4, 0.5) is 4.79 Å². The Morgan fingerprint density at radius 3 is 2.10 bits per heavy atom. The van der Waals surface area contributed by atoms with Gasteiger partial charge >= 0.3 is 13.2 Å². The Labute approximate surface area is 180 Å². The van der Waals surface area contributed by atoms with E-state index in [-0.39, 0.29) is 30.3 Å². The monoisotopic (exact) mass is 409 g/mol. The molecule has 30 heavy (non-hydrogen) atoms. The van der Waals surface area contributed by atoms with Crippen molar-refractivity contribution in [3.8, 4) is 0 Å². The highest BCUT2D eigenvalue weighted by Gasteiger charge is 2.51. The van der Waals surface area contributed by atoms with E-state index in [4.69, 9.17) is 14.0 Å². The summed E-state index contributed by atoms with van der Waals surface area (Å²) in [4.78, 5) is 12.1. The Balaban J connectivity index is 1.55. The molecule has 2 aromatic carbocycles. The van der Waals surface area contributed by atoms with Gasteiger partial charge in [-0.25, -0.2) is 4.79 Å². The molecule has 0 saturated carbocycles. The van der Waals surface area contributed by atoms with Gasteiger partial charge in [0, 0.05) is 12.0 Å². The van der Waals surface area contributed by atoms with Gasteiger partial charge in [0.1, 0.15) is 6.61 Å². The zero-order valence-corrected chi connectivity index (χ0v) is 18.8. The minimum atomic E-state index is -0.416. The van der Waals surface area contributed by atoms with Crippen LogP contribution in [0.3, 0.4) is 0 Å². The number of carbonyl (C=O) groups is 1. The van der Waals surface area contributed by atoms with Gasteiger partial charge in [0.25, 0.3) is 0 Å². The third-order valence-electron chi connectivity index (χ3n) is 6.06. The van der Waals surface area contributed by atoms with Crippen molar-refractivity contribution in [3.63, 3.8) is 0 Å². The normalized spacial score (nSPS) is 17.6. The van der Waals surface area contributed by atoms with E-state index in [1.54, 1.807) is 0 Å². The van der Waals surface area contributed by atoms with Crippen molar-refractivity contribution < 1.29 is 18.8 Å². The van der Waals surface area contributed by atoms with Gasteiger partial charge in [0.05, 0.1) is 11.2 Å². The lowest BCUT2D eigenvalue weighted by Gasteiger charge is -2.32. The molecule has 0 unspecified atom stereocenters. The van der Waals surface area contributed by atoms with Crippen LogP contribution in [0.1, 0.15) is 52.7 Å². The summed E-state index contributed by atoms with van der Waals surface area (Å²) >= 11 is 0. The van der Waals surface area contributed by atoms with Crippen LogP contribution >= 0.6 is 0 Å². The quantitative estimate of drug-likeness (QED) is 0.727. The van der Waals surface area contributed by atoms with E-state index >= 15 is 0 Å². The maximum absolute atomic E-state index is 12.1. The standard InChI is InChI=1S/C24H32BNO4/c1-22(2,17-28-21(27)26-16-18-10-8-7-9-11-18)19-12-14-20(15-13-19)25-29-23(3,4)24(5,6)30-25/h7-15H,16-17H2,1-6H3,(H,26,27).